The first-order valence-corrected chi connectivity index (χ1v) is 10.2. The number of aryl methyl sites for hydroxylation is 1. The topological polar surface area (TPSA) is 79.7 Å². The van der Waals surface area contributed by atoms with Gasteiger partial charge in [0.2, 0.25) is 0 Å². The fourth-order valence-corrected chi connectivity index (χ4v) is 4.20. The molecule has 31 heavy (non-hydrogen) atoms. The zero-order valence-electron chi connectivity index (χ0n) is 16.7. The second kappa shape index (κ2) is 7.72. The molecule has 5 rings (SSSR count). The Balaban J connectivity index is 1.69. The summed E-state index contributed by atoms with van der Waals surface area (Å²) in [4.78, 5) is 31.8. The van der Waals surface area contributed by atoms with Crippen LogP contribution in [0, 0.1) is 0 Å². The van der Waals surface area contributed by atoms with E-state index < -0.39 is 17.7 Å². The van der Waals surface area contributed by atoms with Crippen LogP contribution in [0.5, 0.6) is 5.75 Å². The number of aliphatic hydroxyl groups excluding tert-OH is 1. The van der Waals surface area contributed by atoms with Gasteiger partial charge in [0.25, 0.3) is 11.7 Å². The molecule has 3 aromatic rings. The summed E-state index contributed by atoms with van der Waals surface area (Å²) in [6.07, 6.45) is 4.97. The van der Waals surface area contributed by atoms with Gasteiger partial charge in [-0.05, 0) is 60.4 Å². The molecule has 1 atom stereocenters. The number of amides is 1. The summed E-state index contributed by atoms with van der Waals surface area (Å²) >= 11 is 0. The van der Waals surface area contributed by atoms with Crippen molar-refractivity contribution in [1.82, 2.24) is 4.98 Å². The van der Waals surface area contributed by atoms with Crippen molar-refractivity contribution in [2.24, 2.45) is 0 Å². The number of carbonyl (C=O) groups is 2. The average Bonchev–Trinajstić information content (AvgIpc) is 3.10. The van der Waals surface area contributed by atoms with Crippen molar-refractivity contribution in [1.29, 1.82) is 0 Å². The van der Waals surface area contributed by atoms with Crippen LogP contribution in [0.3, 0.4) is 0 Å². The van der Waals surface area contributed by atoms with E-state index in [1.165, 1.54) is 4.90 Å². The first-order chi connectivity index (χ1) is 15.1. The van der Waals surface area contributed by atoms with Crippen LogP contribution in [-0.2, 0) is 16.0 Å². The van der Waals surface area contributed by atoms with Gasteiger partial charge in [0.1, 0.15) is 11.5 Å². The molecule has 2 aromatic carbocycles. The Morgan fingerprint density at radius 1 is 1.06 bits per heavy atom. The molecular weight excluding hydrogens is 392 g/mol. The second-order valence-electron chi connectivity index (χ2n) is 7.57. The van der Waals surface area contributed by atoms with Crippen molar-refractivity contribution in [2.45, 2.75) is 18.9 Å². The first kappa shape index (κ1) is 19.1. The standard InChI is InChI=1S/C25H20N2O4/c28-23(17-10-11-20-16(14-17)7-5-13-31-20)21-22(18-6-4-12-26-15-18)27(25(30)24(21)29)19-8-2-1-3-9-19/h1-4,6,8-12,14-15,22,28H,5,7,13H2/b23-21-. The maximum absolute atomic E-state index is 13.1. The monoisotopic (exact) mass is 412 g/mol. The molecule has 0 spiro atoms. The number of pyridine rings is 1. The summed E-state index contributed by atoms with van der Waals surface area (Å²) < 4.78 is 5.65. The van der Waals surface area contributed by atoms with Crippen molar-refractivity contribution in [2.75, 3.05) is 11.5 Å². The lowest BCUT2D eigenvalue weighted by atomic mass is 9.94. The lowest BCUT2D eigenvalue weighted by molar-refractivity contribution is -0.132. The highest BCUT2D eigenvalue weighted by atomic mass is 16.5. The summed E-state index contributed by atoms with van der Waals surface area (Å²) in [5.41, 5.74) is 2.75. The highest BCUT2D eigenvalue weighted by molar-refractivity contribution is 6.51. The first-order valence-electron chi connectivity index (χ1n) is 10.2. The van der Waals surface area contributed by atoms with E-state index >= 15 is 0 Å². The minimum Gasteiger partial charge on any atom is -0.507 e. The Bertz CT molecular complexity index is 1190. The molecule has 1 amide bonds. The number of aliphatic hydroxyl groups is 1. The van der Waals surface area contributed by atoms with Gasteiger partial charge in [0, 0.05) is 23.6 Å². The number of hydrogen-bond donors (Lipinski definition) is 1. The van der Waals surface area contributed by atoms with Crippen molar-refractivity contribution >= 4 is 23.1 Å². The third-order valence-electron chi connectivity index (χ3n) is 5.66. The zero-order chi connectivity index (χ0) is 21.4. The number of anilines is 1. The summed E-state index contributed by atoms with van der Waals surface area (Å²) in [6.45, 7) is 0.668. The summed E-state index contributed by atoms with van der Waals surface area (Å²) in [6, 6.07) is 17.1. The van der Waals surface area contributed by atoms with Gasteiger partial charge in [0.15, 0.2) is 0 Å². The largest absolute Gasteiger partial charge is 0.507 e. The Kier molecular flexibility index (Phi) is 4.75. The number of benzene rings is 2. The third-order valence-corrected chi connectivity index (χ3v) is 5.66. The van der Waals surface area contributed by atoms with Gasteiger partial charge in [-0.2, -0.15) is 0 Å². The second-order valence-corrected chi connectivity index (χ2v) is 7.57. The molecule has 0 aliphatic carbocycles. The molecule has 1 fully saturated rings. The molecule has 0 radical (unpaired) electrons. The predicted molar refractivity (Wildman–Crippen MR) is 116 cm³/mol. The fraction of sp³-hybridized carbons (Fsp3) is 0.160. The van der Waals surface area contributed by atoms with Crippen molar-refractivity contribution in [3.63, 3.8) is 0 Å². The molecule has 154 valence electrons. The van der Waals surface area contributed by atoms with Gasteiger partial charge in [0.05, 0.1) is 18.2 Å². The molecular formula is C25H20N2O4. The van der Waals surface area contributed by atoms with E-state index in [0.717, 1.165) is 24.2 Å². The number of hydrogen-bond acceptors (Lipinski definition) is 5. The van der Waals surface area contributed by atoms with Gasteiger partial charge in [-0.1, -0.05) is 24.3 Å². The molecule has 3 heterocycles. The molecule has 2 aliphatic heterocycles. The smallest absolute Gasteiger partial charge is 0.300 e. The maximum atomic E-state index is 13.1. The minimum absolute atomic E-state index is 0.0542. The van der Waals surface area contributed by atoms with Crippen LogP contribution in [0.1, 0.15) is 29.2 Å². The van der Waals surface area contributed by atoms with Crippen LogP contribution in [-0.4, -0.2) is 28.4 Å². The quantitative estimate of drug-likeness (QED) is 0.399. The summed E-state index contributed by atoms with van der Waals surface area (Å²) in [5, 5.41) is 11.2. The molecule has 6 heteroatoms. The molecule has 0 saturated carbocycles. The van der Waals surface area contributed by atoms with E-state index in [1.54, 1.807) is 60.9 Å². The van der Waals surface area contributed by atoms with Crippen LogP contribution < -0.4 is 9.64 Å². The molecule has 1 N–H and O–H groups in total. The molecule has 2 aliphatic rings. The molecule has 1 unspecified atom stereocenters. The van der Waals surface area contributed by atoms with E-state index in [1.807, 2.05) is 12.1 Å². The maximum Gasteiger partial charge on any atom is 0.300 e. The van der Waals surface area contributed by atoms with Gasteiger partial charge >= 0.3 is 0 Å². The number of Topliss-reactive ketones (excluding diaryl/α,β-unsaturated/α-hetero) is 1. The number of para-hydroxylation sites is 1. The zero-order valence-corrected chi connectivity index (χ0v) is 16.7. The van der Waals surface area contributed by atoms with Gasteiger partial charge in [-0.3, -0.25) is 19.5 Å². The number of ketones is 1. The molecule has 0 bridgehead atoms. The van der Waals surface area contributed by atoms with Crippen molar-refractivity contribution < 1.29 is 19.4 Å². The van der Waals surface area contributed by atoms with Crippen LogP contribution >= 0.6 is 0 Å². The average molecular weight is 412 g/mol. The van der Waals surface area contributed by atoms with E-state index in [9.17, 15) is 14.7 Å². The van der Waals surface area contributed by atoms with Gasteiger partial charge in [-0.15, -0.1) is 0 Å². The number of carbonyl (C=O) groups excluding carboxylic acids is 2. The number of ether oxygens (including phenoxy) is 1. The lowest BCUT2D eigenvalue weighted by Gasteiger charge is -2.25. The van der Waals surface area contributed by atoms with E-state index in [2.05, 4.69) is 4.98 Å². The van der Waals surface area contributed by atoms with Crippen LogP contribution in [0.2, 0.25) is 0 Å². The number of aromatic nitrogens is 1. The molecule has 1 saturated heterocycles. The Labute approximate surface area is 179 Å². The molecule has 1 aromatic heterocycles. The van der Waals surface area contributed by atoms with E-state index in [4.69, 9.17) is 4.74 Å². The van der Waals surface area contributed by atoms with Crippen LogP contribution in [0.25, 0.3) is 5.76 Å². The highest BCUT2D eigenvalue weighted by Crippen LogP contribution is 2.42. The summed E-state index contributed by atoms with van der Waals surface area (Å²) in [7, 11) is 0. The number of nitrogens with zero attached hydrogens (tertiary/aromatic N) is 2. The SMILES string of the molecule is O=C1C(=O)N(c2ccccc2)C(c2cccnc2)/C1=C(/O)c1ccc2c(c1)CCCO2. The van der Waals surface area contributed by atoms with Crippen molar-refractivity contribution in [3.8, 4) is 5.75 Å². The fourth-order valence-electron chi connectivity index (χ4n) is 4.20. The Hall–Kier alpha value is -3.93. The molecule has 6 nitrogen and oxygen atoms in total. The predicted octanol–water partition coefficient (Wildman–Crippen LogP) is 4.03. The third kappa shape index (κ3) is 3.26. The van der Waals surface area contributed by atoms with Crippen LogP contribution in [0.4, 0.5) is 5.69 Å². The Morgan fingerprint density at radius 3 is 2.68 bits per heavy atom. The Morgan fingerprint density at radius 2 is 1.90 bits per heavy atom. The van der Waals surface area contributed by atoms with Crippen molar-refractivity contribution in [3.05, 3.63) is 95.3 Å². The normalized spacial score (nSPS) is 19.7. The van der Waals surface area contributed by atoms with Gasteiger partial charge < -0.3 is 9.84 Å². The summed E-state index contributed by atoms with van der Waals surface area (Å²) in [5.74, 6) is -0.803. The van der Waals surface area contributed by atoms with E-state index in [0.29, 0.717) is 23.4 Å². The number of fused-ring (bicyclic) bond motifs is 1. The van der Waals surface area contributed by atoms with Gasteiger partial charge in [-0.25, -0.2) is 0 Å². The number of rotatable bonds is 3. The van der Waals surface area contributed by atoms with E-state index in [-0.39, 0.29) is 11.3 Å². The minimum atomic E-state index is -0.775. The highest BCUT2D eigenvalue weighted by Gasteiger charge is 2.47. The lowest BCUT2D eigenvalue weighted by Crippen LogP contribution is -2.29. The van der Waals surface area contributed by atoms with Crippen LogP contribution in [0.15, 0.2) is 78.6 Å².